The van der Waals surface area contributed by atoms with Gasteiger partial charge in [0.05, 0.1) is 18.1 Å². The number of hydrogen-bond donors (Lipinski definition) is 5. The van der Waals surface area contributed by atoms with Crippen LogP contribution in [0.2, 0.25) is 0 Å². The maximum atomic E-state index is 13.6. The van der Waals surface area contributed by atoms with Crippen LogP contribution in [-0.2, 0) is 19.1 Å². The fourth-order valence-electron chi connectivity index (χ4n) is 4.38. The Morgan fingerprint density at radius 2 is 1.92 bits per heavy atom. The molecule has 11 nitrogen and oxygen atoms in total. The molecule has 1 aliphatic carbocycles. The topological polar surface area (TPSA) is 159 Å². The number of nitrogens with one attached hydrogen (secondary N) is 5. The van der Waals surface area contributed by atoms with Crippen molar-refractivity contribution < 1.29 is 28.7 Å². The SMILES string of the molecule is CCOC(=O)NC(=N)C1=CCC(CNC(=O)[C@@H](CC(C)C)NC(=O)OC(C)(C)C)(C(=O)[C@@H]2CCCN2)C=C1. The summed E-state index contributed by atoms with van der Waals surface area (Å²) in [6, 6.07) is -1.17. The molecule has 2 aliphatic rings. The lowest BCUT2D eigenvalue weighted by Gasteiger charge is -2.34. The van der Waals surface area contributed by atoms with Crippen LogP contribution in [0.4, 0.5) is 9.59 Å². The first-order valence-corrected chi connectivity index (χ1v) is 13.2. The van der Waals surface area contributed by atoms with Gasteiger partial charge < -0.3 is 25.4 Å². The van der Waals surface area contributed by atoms with E-state index in [-0.39, 0.29) is 43.2 Å². The minimum absolute atomic E-state index is 0.0202. The summed E-state index contributed by atoms with van der Waals surface area (Å²) < 4.78 is 10.2. The van der Waals surface area contributed by atoms with Crippen molar-refractivity contribution in [2.75, 3.05) is 19.7 Å². The van der Waals surface area contributed by atoms with E-state index in [2.05, 4.69) is 21.3 Å². The molecule has 3 amide bonds. The molecule has 1 aliphatic heterocycles. The molecule has 0 spiro atoms. The number of Topliss-reactive ketones (excluding diaryl/α,β-unsaturated/α-hetero) is 1. The van der Waals surface area contributed by atoms with E-state index in [1.807, 2.05) is 13.8 Å². The fraction of sp³-hybridized carbons (Fsp3) is 0.667. The largest absolute Gasteiger partial charge is 0.450 e. The van der Waals surface area contributed by atoms with Gasteiger partial charge in [-0.05, 0) is 65.8 Å². The summed E-state index contributed by atoms with van der Waals surface area (Å²) >= 11 is 0. The van der Waals surface area contributed by atoms with Crippen molar-refractivity contribution >= 4 is 29.7 Å². The summed E-state index contributed by atoms with van der Waals surface area (Å²) in [7, 11) is 0. The number of rotatable bonds is 10. The van der Waals surface area contributed by atoms with E-state index in [4.69, 9.17) is 14.9 Å². The van der Waals surface area contributed by atoms with E-state index in [9.17, 15) is 19.2 Å². The lowest BCUT2D eigenvalue weighted by molar-refractivity contribution is -0.129. The molecule has 2 rings (SSSR count). The van der Waals surface area contributed by atoms with Crippen LogP contribution >= 0.6 is 0 Å². The van der Waals surface area contributed by atoms with Gasteiger partial charge in [0.15, 0.2) is 5.78 Å². The van der Waals surface area contributed by atoms with Crippen LogP contribution in [-0.4, -0.2) is 67.1 Å². The summed E-state index contributed by atoms with van der Waals surface area (Å²) in [6.45, 7) is 11.7. The van der Waals surface area contributed by atoms with Crippen molar-refractivity contribution in [3.05, 3.63) is 23.8 Å². The van der Waals surface area contributed by atoms with E-state index in [1.165, 1.54) is 0 Å². The van der Waals surface area contributed by atoms with E-state index in [0.29, 0.717) is 18.4 Å². The van der Waals surface area contributed by atoms with Gasteiger partial charge in [0.2, 0.25) is 5.91 Å². The molecule has 1 unspecified atom stereocenters. The Kier molecular flexibility index (Phi) is 11.1. The van der Waals surface area contributed by atoms with Crippen molar-refractivity contribution in [3.8, 4) is 0 Å². The molecule has 0 radical (unpaired) electrons. The molecular formula is C27H43N5O6. The molecule has 0 bridgehead atoms. The number of carbonyl (C=O) groups is 4. The molecule has 3 atom stereocenters. The molecular weight excluding hydrogens is 490 g/mol. The van der Waals surface area contributed by atoms with Crippen LogP contribution in [0.5, 0.6) is 0 Å². The molecule has 11 heteroatoms. The van der Waals surface area contributed by atoms with Crippen molar-refractivity contribution in [3.63, 3.8) is 0 Å². The standard InChI is InChI=1S/C27H43N5O6/c1-7-37-24(35)32-22(28)18-10-12-27(13-11-18,21(33)19-9-8-14-29-19)16-30-23(34)20(15-17(2)3)31-25(36)38-26(4,5)6/h10-12,17,19-20,29H,7-9,13-16H2,1-6H3,(H,30,34)(H,31,36)(H2,28,32,35)/t19-,20+,27?/m0/s1. The molecule has 0 aromatic heterocycles. The van der Waals surface area contributed by atoms with E-state index in [0.717, 1.165) is 13.0 Å². The van der Waals surface area contributed by atoms with Crippen LogP contribution < -0.4 is 21.3 Å². The highest BCUT2D eigenvalue weighted by Gasteiger charge is 2.42. The zero-order valence-corrected chi connectivity index (χ0v) is 23.4. The molecule has 0 aromatic rings. The maximum Gasteiger partial charge on any atom is 0.412 e. The second-order valence-corrected chi connectivity index (χ2v) is 11.1. The van der Waals surface area contributed by atoms with Crippen LogP contribution in [0.3, 0.4) is 0 Å². The number of ketones is 1. The summed E-state index contributed by atoms with van der Waals surface area (Å²) in [4.78, 5) is 50.9. The molecule has 1 saturated heterocycles. The summed E-state index contributed by atoms with van der Waals surface area (Å²) in [5, 5.41) is 19.3. The first-order chi connectivity index (χ1) is 17.8. The highest BCUT2D eigenvalue weighted by molar-refractivity contribution is 6.06. The zero-order valence-electron chi connectivity index (χ0n) is 23.4. The van der Waals surface area contributed by atoms with Gasteiger partial charge in [0.25, 0.3) is 0 Å². The van der Waals surface area contributed by atoms with Gasteiger partial charge >= 0.3 is 12.2 Å². The van der Waals surface area contributed by atoms with Gasteiger partial charge in [-0.25, -0.2) is 9.59 Å². The van der Waals surface area contributed by atoms with Crippen molar-refractivity contribution in [2.45, 2.75) is 84.9 Å². The number of amidine groups is 1. The highest BCUT2D eigenvalue weighted by Crippen LogP contribution is 2.33. The van der Waals surface area contributed by atoms with Gasteiger partial charge in [-0.15, -0.1) is 0 Å². The summed E-state index contributed by atoms with van der Waals surface area (Å²) in [6.07, 6.45) is 5.82. The van der Waals surface area contributed by atoms with Gasteiger partial charge in [-0.3, -0.25) is 20.3 Å². The predicted molar refractivity (Wildman–Crippen MR) is 144 cm³/mol. The van der Waals surface area contributed by atoms with Crippen LogP contribution in [0.25, 0.3) is 0 Å². The first kappa shape index (κ1) is 31.0. The van der Waals surface area contributed by atoms with E-state index in [1.54, 1.807) is 45.9 Å². The molecule has 1 fully saturated rings. The average Bonchev–Trinajstić information content (AvgIpc) is 3.35. The fourth-order valence-corrected chi connectivity index (χ4v) is 4.38. The second kappa shape index (κ2) is 13.5. The third-order valence-corrected chi connectivity index (χ3v) is 6.22. The van der Waals surface area contributed by atoms with E-state index >= 15 is 0 Å². The van der Waals surface area contributed by atoms with Crippen LogP contribution in [0.15, 0.2) is 23.8 Å². The third-order valence-electron chi connectivity index (χ3n) is 6.22. The van der Waals surface area contributed by atoms with Gasteiger partial charge in [-0.2, -0.15) is 0 Å². The number of carbonyl (C=O) groups excluding carboxylic acids is 4. The first-order valence-electron chi connectivity index (χ1n) is 13.2. The van der Waals surface area contributed by atoms with Crippen molar-refractivity contribution in [1.82, 2.24) is 21.3 Å². The Bertz CT molecular complexity index is 961. The number of allylic oxidation sites excluding steroid dienone is 1. The monoisotopic (exact) mass is 533 g/mol. The predicted octanol–water partition coefficient (Wildman–Crippen LogP) is 2.96. The molecule has 212 valence electrons. The van der Waals surface area contributed by atoms with Crippen molar-refractivity contribution in [2.24, 2.45) is 11.3 Å². The number of alkyl carbamates (subject to hydrolysis) is 2. The van der Waals surface area contributed by atoms with Gasteiger partial charge in [-0.1, -0.05) is 32.1 Å². The molecule has 1 heterocycles. The van der Waals surface area contributed by atoms with E-state index < -0.39 is 35.2 Å². The number of amides is 3. The third kappa shape index (κ3) is 9.27. The molecule has 0 saturated carbocycles. The Morgan fingerprint density at radius 3 is 2.45 bits per heavy atom. The van der Waals surface area contributed by atoms with Crippen LogP contribution in [0.1, 0.15) is 67.2 Å². The highest BCUT2D eigenvalue weighted by atomic mass is 16.6. The van der Waals surface area contributed by atoms with Crippen LogP contribution in [0, 0.1) is 16.7 Å². The zero-order chi connectivity index (χ0) is 28.5. The Balaban J connectivity index is 2.18. The van der Waals surface area contributed by atoms with Crippen molar-refractivity contribution in [1.29, 1.82) is 5.41 Å². The quantitative estimate of drug-likeness (QED) is 0.213. The molecule has 38 heavy (non-hydrogen) atoms. The van der Waals surface area contributed by atoms with Gasteiger partial charge in [0, 0.05) is 12.1 Å². The summed E-state index contributed by atoms with van der Waals surface area (Å²) in [5.41, 5.74) is -1.31. The van der Waals surface area contributed by atoms with Gasteiger partial charge in [0.1, 0.15) is 17.5 Å². The minimum Gasteiger partial charge on any atom is -0.450 e. The minimum atomic E-state index is -1.04. The molecule has 5 N–H and O–H groups in total. The second-order valence-electron chi connectivity index (χ2n) is 11.1. The maximum absolute atomic E-state index is 13.6. The number of ether oxygens (including phenoxy) is 2. The average molecular weight is 534 g/mol. The Morgan fingerprint density at radius 1 is 1.21 bits per heavy atom. The lowest BCUT2D eigenvalue weighted by atomic mass is 9.73. The lowest BCUT2D eigenvalue weighted by Crippen LogP contribution is -2.53. The molecule has 0 aromatic carbocycles. The normalized spacial score (nSPS) is 21.8. The Hall–Kier alpha value is -3.21. The smallest absolute Gasteiger partial charge is 0.412 e. The summed E-state index contributed by atoms with van der Waals surface area (Å²) in [5.74, 6) is -0.470. The number of hydrogen-bond acceptors (Lipinski definition) is 8. The Labute approximate surface area is 225 Å².